The van der Waals surface area contributed by atoms with Gasteiger partial charge in [0.05, 0.1) is 23.0 Å². The van der Waals surface area contributed by atoms with Gasteiger partial charge in [0.1, 0.15) is 0 Å². The average Bonchev–Trinajstić information content (AvgIpc) is 3.26. The van der Waals surface area contributed by atoms with E-state index in [2.05, 4.69) is 42.6 Å². The largest absolute Gasteiger partial charge is 0.381 e. The van der Waals surface area contributed by atoms with Crippen LogP contribution in [0.2, 0.25) is 0 Å². The Balaban J connectivity index is 1.31. The van der Waals surface area contributed by atoms with Crippen molar-refractivity contribution in [2.24, 2.45) is 7.05 Å². The molecule has 1 amide bonds. The molecule has 0 unspecified atom stereocenters. The summed E-state index contributed by atoms with van der Waals surface area (Å²) in [5.41, 5.74) is 4.06. The first kappa shape index (κ1) is 21.0. The molecule has 33 heavy (non-hydrogen) atoms. The van der Waals surface area contributed by atoms with Gasteiger partial charge in [0.25, 0.3) is 5.91 Å². The Morgan fingerprint density at radius 2 is 1.88 bits per heavy atom. The molecule has 0 radical (unpaired) electrons. The van der Waals surface area contributed by atoms with Crippen LogP contribution >= 0.6 is 0 Å². The fraction of sp³-hybridized carbons (Fsp3) is 0.292. The first-order valence-corrected chi connectivity index (χ1v) is 11.0. The number of anilines is 2. The van der Waals surface area contributed by atoms with Gasteiger partial charge in [0.15, 0.2) is 0 Å². The van der Waals surface area contributed by atoms with Crippen molar-refractivity contribution >= 4 is 28.4 Å². The number of carbonyl (C=O) groups is 1. The van der Waals surface area contributed by atoms with E-state index in [0.717, 1.165) is 53.6 Å². The number of aromatic nitrogens is 5. The summed E-state index contributed by atoms with van der Waals surface area (Å²) < 4.78 is 1.76. The van der Waals surface area contributed by atoms with Crippen LogP contribution in [0.15, 0.2) is 55.2 Å². The number of pyridine rings is 1. The number of rotatable bonds is 5. The molecule has 0 aliphatic carbocycles. The Morgan fingerprint density at radius 3 is 2.67 bits per heavy atom. The maximum absolute atomic E-state index is 12.9. The quantitative estimate of drug-likeness (QED) is 0.489. The summed E-state index contributed by atoms with van der Waals surface area (Å²) in [7, 11) is 4.02. The van der Waals surface area contributed by atoms with Gasteiger partial charge in [-0.1, -0.05) is 12.1 Å². The second-order valence-corrected chi connectivity index (χ2v) is 8.51. The minimum Gasteiger partial charge on any atom is -0.381 e. The Labute approximate surface area is 191 Å². The van der Waals surface area contributed by atoms with Crippen LogP contribution in [0.1, 0.15) is 23.2 Å². The third-order valence-corrected chi connectivity index (χ3v) is 5.94. The summed E-state index contributed by atoms with van der Waals surface area (Å²) in [6.45, 7) is 2.13. The molecule has 0 spiro atoms. The van der Waals surface area contributed by atoms with E-state index >= 15 is 0 Å². The van der Waals surface area contributed by atoms with Crippen LogP contribution in [0.25, 0.3) is 22.0 Å². The van der Waals surface area contributed by atoms with Crippen molar-refractivity contribution in [3.63, 3.8) is 0 Å². The van der Waals surface area contributed by atoms with Gasteiger partial charge in [-0.25, -0.2) is 9.97 Å². The van der Waals surface area contributed by atoms with Gasteiger partial charge in [0.2, 0.25) is 5.95 Å². The Kier molecular flexibility index (Phi) is 5.70. The molecule has 4 aromatic rings. The molecule has 168 valence electrons. The fourth-order valence-corrected chi connectivity index (χ4v) is 4.04. The molecule has 4 heterocycles. The predicted octanol–water partition coefficient (Wildman–Crippen LogP) is 3.18. The van der Waals surface area contributed by atoms with E-state index in [9.17, 15) is 4.79 Å². The highest BCUT2D eigenvalue weighted by Crippen LogP contribution is 2.23. The van der Waals surface area contributed by atoms with Crippen molar-refractivity contribution in [2.75, 3.05) is 30.8 Å². The Morgan fingerprint density at radius 1 is 1.03 bits per heavy atom. The van der Waals surface area contributed by atoms with Gasteiger partial charge < -0.3 is 10.2 Å². The summed E-state index contributed by atoms with van der Waals surface area (Å²) in [6.07, 6.45) is 10.9. The molecule has 5 rings (SSSR count). The highest BCUT2D eigenvalue weighted by Gasteiger charge is 2.17. The number of piperidine rings is 1. The number of hydrogen-bond acceptors (Lipinski definition) is 7. The second-order valence-electron chi connectivity index (χ2n) is 8.51. The van der Waals surface area contributed by atoms with Gasteiger partial charge in [-0.2, -0.15) is 5.10 Å². The molecule has 1 aromatic carbocycles. The van der Waals surface area contributed by atoms with Crippen molar-refractivity contribution in [1.29, 1.82) is 0 Å². The number of fused-ring (bicyclic) bond motifs is 1. The van der Waals surface area contributed by atoms with Gasteiger partial charge >= 0.3 is 0 Å². The minimum absolute atomic E-state index is 0.254. The summed E-state index contributed by atoms with van der Waals surface area (Å²) in [5, 5.41) is 11.4. The number of hydrogen-bond donors (Lipinski definition) is 2. The van der Waals surface area contributed by atoms with Crippen LogP contribution in [0.4, 0.5) is 11.6 Å². The first-order chi connectivity index (χ1) is 16.0. The maximum Gasteiger partial charge on any atom is 0.259 e. The average molecular weight is 443 g/mol. The van der Waals surface area contributed by atoms with Gasteiger partial charge in [0, 0.05) is 48.8 Å². The third kappa shape index (κ3) is 4.83. The number of aryl methyl sites for hydroxylation is 1. The second kappa shape index (κ2) is 8.95. The summed E-state index contributed by atoms with van der Waals surface area (Å²) in [6, 6.07) is 8.15. The van der Waals surface area contributed by atoms with E-state index in [4.69, 9.17) is 0 Å². The molecule has 9 nitrogen and oxygen atoms in total. The van der Waals surface area contributed by atoms with Crippen molar-refractivity contribution < 1.29 is 4.79 Å². The molecule has 3 aromatic heterocycles. The lowest BCUT2D eigenvalue weighted by molar-refractivity contribution is 0.102. The van der Waals surface area contributed by atoms with E-state index in [0.29, 0.717) is 11.6 Å². The molecule has 9 heteroatoms. The molecular formula is C24H26N8O. The number of nitrogens with zero attached hydrogens (tertiary/aromatic N) is 6. The smallest absolute Gasteiger partial charge is 0.259 e. The van der Waals surface area contributed by atoms with Crippen LogP contribution in [0.3, 0.4) is 0 Å². The zero-order chi connectivity index (χ0) is 22.8. The third-order valence-electron chi connectivity index (χ3n) is 5.94. The number of carbonyl (C=O) groups excluding carboxylic acids is 1. The monoisotopic (exact) mass is 442 g/mol. The molecule has 0 atom stereocenters. The lowest BCUT2D eigenvalue weighted by Crippen LogP contribution is -2.36. The van der Waals surface area contributed by atoms with E-state index in [1.54, 1.807) is 23.3 Å². The summed E-state index contributed by atoms with van der Waals surface area (Å²) in [4.78, 5) is 28.3. The van der Waals surface area contributed by atoms with Crippen molar-refractivity contribution in [3.05, 3.63) is 60.8 Å². The van der Waals surface area contributed by atoms with E-state index < -0.39 is 0 Å². The molecule has 1 aliphatic heterocycles. The number of amides is 1. The zero-order valence-electron chi connectivity index (χ0n) is 18.7. The molecule has 0 bridgehead atoms. The standard InChI is InChI=1S/C24H26N8O/c1-31-7-5-20(6-8-31)28-21-9-18(11-25-14-21)23(33)30-24-26-12-17-4-3-16(10-22(17)29-24)19-13-27-32(2)15-19/h3-4,9-15,20,28H,5-8H2,1-2H3,(H,26,29,30,33). The number of likely N-dealkylation sites (tertiary alicyclic amines) is 1. The van der Waals surface area contributed by atoms with Crippen LogP contribution < -0.4 is 10.6 Å². The fourth-order valence-electron chi connectivity index (χ4n) is 4.04. The Hall–Kier alpha value is -3.85. The van der Waals surface area contributed by atoms with Crippen LogP contribution in [-0.2, 0) is 7.05 Å². The van der Waals surface area contributed by atoms with Gasteiger partial charge in [-0.05, 0) is 50.7 Å². The topological polar surface area (TPSA) is 101 Å². The summed E-state index contributed by atoms with van der Waals surface area (Å²) >= 11 is 0. The lowest BCUT2D eigenvalue weighted by atomic mass is 10.1. The Bertz CT molecular complexity index is 1290. The molecular weight excluding hydrogens is 416 g/mol. The molecule has 1 saturated heterocycles. The lowest BCUT2D eigenvalue weighted by Gasteiger charge is -2.30. The van der Waals surface area contributed by atoms with Crippen molar-refractivity contribution in [2.45, 2.75) is 18.9 Å². The first-order valence-electron chi connectivity index (χ1n) is 11.0. The molecule has 2 N–H and O–H groups in total. The number of nitrogens with one attached hydrogen (secondary N) is 2. The zero-order valence-corrected chi connectivity index (χ0v) is 18.7. The predicted molar refractivity (Wildman–Crippen MR) is 128 cm³/mol. The van der Waals surface area contributed by atoms with Crippen LogP contribution in [-0.4, -0.2) is 61.7 Å². The molecule has 1 fully saturated rings. The highest BCUT2D eigenvalue weighted by atomic mass is 16.1. The van der Waals surface area contributed by atoms with E-state index in [-0.39, 0.29) is 11.9 Å². The molecule has 1 aliphatic rings. The van der Waals surface area contributed by atoms with Gasteiger partial charge in [-0.15, -0.1) is 0 Å². The maximum atomic E-state index is 12.9. The van der Waals surface area contributed by atoms with E-state index in [1.165, 1.54) is 0 Å². The van der Waals surface area contributed by atoms with Crippen molar-refractivity contribution in [1.82, 2.24) is 29.6 Å². The summed E-state index contributed by atoms with van der Waals surface area (Å²) in [5.74, 6) is -0.0400. The minimum atomic E-state index is -0.294. The molecule has 0 saturated carbocycles. The number of benzene rings is 1. The highest BCUT2D eigenvalue weighted by molar-refractivity contribution is 6.04. The van der Waals surface area contributed by atoms with E-state index in [1.807, 2.05) is 43.7 Å². The van der Waals surface area contributed by atoms with Gasteiger partial charge in [-0.3, -0.25) is 19.8 Å². The van der Waals surface area contributed by atoms with Crippen LogP contribution in [0, 0.1) is 0 Å². The van der Waals surface area contributed by atoms with Crippen LogP contribution in [0.5, 0.6) is 0 Å². The van der Waals surface area contributed by atoms with Crippen molar-refractivity contribution in [3.8, 4) is 11.1 Å². The normalized spacial score (nSPS) is 15.0. The SMILES string of the molecule is CN1CCC(Nc2cncc(C(=O)Nc3ncc4ccc(-c5cnn(C)c5)cc4n3)c2)CC1.